The first-order valence-corrected chi connectivity index (χ1v) is 7.29. The second-order valence-electron chi connectivity index (χ2n) is 5.73. The molecule has 2 fully saturated rings. The van der Waals surface area contributed by atoms with Crippen LogP contribution in [0.3, 0.4) is 0 Å². The van der Waals surface area contributed by atoms with E-state index in [1.54, 1.807) is 0 Å². The van der Waals surface area contributed by atoms with E-state index < -0.39 is 0 Å². The Kier molecular flexibility index (Phi) is 4.62. The first-order chi connectivity index (χ1) is 8.63. The van der Waals surface area contributed by atoms with Crippen LogP contribution in [0.15, 0.2) is 0 Å². The highest BCUT2D eigenvalue weighted by molar-refractivity contribution is 5.79. The van der Waals surface area contributed by atoms with Crippen molar-refractivity contribution >= 4 is 5.91 Å². The summed E-state index contributed by atoms with van der Waals surface area (Å²) in [6.07, 6.45) is 4.07. The lowest BCUT2D eigenvalue weighted by Gasteiger charge is -2.35. The molecule has 2 saturated heterocycles. The van der Waals surface area contributed by atoms with Crippen molar-refractivity contribution < 1.29 is 9.53 Å². The standard InChI is InChI=1S/C14H26N2O2/c1-3-13-12(6-9-18-13)14(17)16-7-4-11(5-8-16)10(2)15/h10-13H,3-9,15H2,1-2H3. The summed E-state index contributed by atoms with van der Waals surface area (Å²) in [5, 5.41) is 0. The zero-order valence-electron chi connectivity index (χ0n) is 11.6. The molecule has 0 bridgehead atoms. The number of amides is 1. The molecule has 3 unspecified atom stereocenters. The van der Waals surface area contributed by atoms with Gasteiger partial charge >= 0.3 is 0 Å². The Morgan fingerprint density at radius 1 is 1.39 bits per heavy atom. The molecule has 2 heterocycles. The molecule has 18 heavy (non-hydrogen) atoms. The number of carbonyl (C=O) groups excluding carboxylic acids is 1. The fourth-order valence-corrected chi connectivity index (χ4v) is 3.21. The van der Waals surface area contributed by atoms with E-state index in [2.05, 4.69) is 13.8 Å². The van der Waals surface area contributed by atoms with Crippen LogP contribution >= 0.6 is 0 Å². The molecule has 104 valence electrons. The van der Waals surface area contributed by atoms with Crippen LogP contribution in [0.25, 0.3) is 0 Å². The largest absolute Gasteiger partial charge is 0.377 e. The topological polar surface area (TPSA) is 55.6 Å². The maximum Gasteiger partial charge on any atom is 0.228 e. The first kappa shape index (κ1) is 13.8. The van der Waals surface area contributed by atoms with E-state index in [1.165, 1.54) is 0 Å². The van der Waals surface area contributed by atoms with Crippen LogP contribution < -0.4 is 5.73 Å². The summed E-state index contributed by atoms with van der Waals surface area (Å²) in [4.78, 5) is 14.5. The van der Waals surface area contributed by atoms with E-state index in [4.69, 9.17) is 10.5 Å². The SMILES string of the molecule is CCC1OCCC1C(=O)N1CCC(C(C)N)CC1. The Morgan fingerprint density at radius 2 is 2.06 bits per heavy atom. The maximum atomic E-state index is 12.5. The fourth-order valence-electron chi connectivity index (χ4n) is 3.21. The van der Waals surface area contributed by atoms with Gasteiger partial charge in [0.05, 0.1) is 12.0 Å². The molecule has 0 spiro atoms. The minimum absolute atomic E-state index is 0.0989. The molecule has 4 nitrogen and oxygen atoms in total. The Hall–Kier alpha value is -0.610. The minimum Gasteiger partial charge on any atom is -0.377 e. The van der Waals surface area contributed by atoms with Crippen molar-refractivity contribution in [2.75, 3.05) is 19.7 Å². The van der Waals surface area contributed by atoms with Crippen LogP contribution in [0.2, 0.25) is 0 Å². The number of likely N-dealkylation sites (tertiary alicyclic amines) is 1. The Balaban J connectivity index is 1.87. The highest BCUT2D eigenvalue weighted by Crippen LogP contribution is 2.28. The first-order valence-electron chi connectivity index (χ1n) is 7.29. The molecule has 2 rings (SSSR count). The van der Waals surface area contributed by atoms with Crippen molar-refractivity contribution in [3.05, 3.63) is 0 Å². The molecular formula is C14H26N2O2. The van der Waals surface area contributed by atoms with E-state index in [0.717, 1.165) is 45.4 Å². The lowest BCUT2D eigenvalue weighted by atomic mass is 9.89. The molecule has 1 amide bonds. The Morgan fingerprint density at radius 3 is 2.61 bits per heavy atom. The second kappa shape index (κ2) is 6.02. The molecule has 2 aliphatic rings. The van der Waals surface area contributed by atoms with Crippen LogP contribution in [0.4, 0.5) is 0 Å². The second-order valence-corrected chi connectivity index (χ2v) is 5.73. The van der Waals surface area contributed by atoms with E-state index in [1.807, 2.05) is 4.90 Å². The Labute approximate surface area is 110 Å². The van der Waals surface area contributed by atoms with Crippen molar-refractivity contribution in [2.45, 2.75) is 51.7 Å². The van der Waals surface area contributed by atoms with Crippen molar-refractivity contribution in [3.8, 4) is 0 Å². The van der Waals surface area contributed by atoms with Crippen LogP contribution in [-0.2, 0) is 9.53 Å². The molecule has 4 heteroatoms. The van der Waals surface area contributed by atoms with Gasteiger partial charge in [0.2, 0.25) is 5.91 Å². The predicted molar refractivity (Wildman–Crippen MR) is 71.1 cm³/mol. The quantitative estimate of drug-likeness (QED) is 0.828. The summed E-state index contributed by atoms with van der Waals surface area (Å²) >= 11 is 0. The van der Waals surface area contributed by atoms with Crippen molar-refractivity contribution in [1.29, 1.82) is 0 Å². The number of carbonyl (C=O) groups is 1. The van der Waals surface area contributed by atoms with E-state index >= 15 is 0 Å². The van der Waals surface area contributed by atoms with Gasteiger partial charge in [-0.3, -0.25) is 4.79 Å². The Bertz CT molecular complexity index is 286. The number of hydrogen-bond donors (Lipinski definition) is 1. The van der Waals surface area contributed by atoms with E-state index in [9.17, 15) is 4.79 Å². The average Bonchev–Trinajstić information content (AvgIpc) is 2.86. The van der Waals surface area contributed by atoms with Gasteiger partial charge in [-0.1, -0.05) is 6.92 Å². The van der Waals surface area contributed by atoms with Gasteiger partial charge in [0.25, 0.3) is 0 Å². The van der Waals surface area contributed by atoms with Crippen LogP contribution in [0.1, 0.15) is 39.5 Å². The van der Waals surface area contributed by atoms with Gasteiger partial charge in [0.1, 0.15) is 0 Å². The summed E-state index contributed by atoms with van der Waals surface area (Å²) in [5.41, 5.74) is 5.93. The molecule has 0 aromatic carbocycles. The summed E-state index contributed by atoms with van der Waals surface area (Å²) in [6.45, 7) is 6.65. The van der Waals surface area contributed by atoms with Gasteiger partial charge in [-0.05, 0) is 38.5 Å². The molecule has 0 aliphatic carbocycles. The average molecular weight is 254 g/mol. The molecule has 3 atom stereocenters. The molecule has 0 aromatic rings. The van der Waals surface area contributed by atoms with Crippen LogP contribution in [0, 0.1) is 11.8 Å². The monoisotopic (exact) mass is 254 g/mol. The normalized spacial score (nSPS) is 31.6. The van der Waals surface area contributed by atoms with Gasteiger partial charge in [0, 0.05) is 25.7 Å². The third-order valence-electron chi connectivity index (χ3n) is 4.52. The van der Waals surface area contributed by atoms with Crippen molar-refractivity contribution in [1.82, 2.24) is 4.90 Å². The summed E-state index contributed by atoms with van der Waals surface area (Å²) in [6, 6.07) is 0.250. The third kappa shape index (κ3) is 2.86. The third-order valence-corrected chi connectivity index (χ3v) is 4.52. The summed E-state index contributed by atoms with van der Waals surface area (Å²) in [5.74, 6) is 0.986. The molecule has 0 aromatic heterocycles. The zero-order valence-corrected chi connectivity index (χ0v) is 11.6. The number of hydrogen-bond acceptors (Lipinski definition) is 3. The van der Waals surface area contributed by atoms with Gasteiger partial charge < -0.3 is 15.4 Å². The smallest absolute Gasteiger partial charge is 0.228 e. The zero-order chi connectivity index (χ0) is 13.1. The van der Waals surface area contributed by atoms with Gasteiger partial charge in [-0.15, -0.1) is 0 Å². The lowest BCUT2D eigenvalue weighted by Crippen LogP contribution is -2.46. The number of piperidine rings is 1. The van der Waals surface area contributed by atoms with E-state index in [0.29, 0.717) is 11.8 Å². The van der Waals surface area contributed by atoms with Crippen molar-refractivity contribution in [2.24, 2.45) is 17.6 Å². The number of ether oxygens (including phenoxy) is 1. The van der Waals surface area contributed by atoms with Gasteiger partial charge in [0.15, 0.2) is 0 Å². The van der Waals surface area contributed by atoms with Gasteiger partial charge in [-0.25, -0.2) is 0 Å². The van der Waals surface area contributed by atoms with Crippen molar-refractivity contribution in [3.63, 3.8) is 0 Å². The minimum atomic E-state index is 0.0989. The molecule has 2 aliphatic heterocycles. The highest BCUT2D eigenvalue weighted by atomic mass is 16.5. The van der Waals surface area contributed by atoms with E-state index in [-0.39, 0.29) is 18.1 Å². The molecule has 0 saturated carbocycles. The van der Waals surface area contributed by atoms with Crippen LogP contribution in [0.5, 0.6) is 0 Å². The van der Waals surface area contributed by atoms with Crippen LogP contribution in [-0.4, -0.2) is 42.6 Å². The summed E-state index contributed by atoms with van der Waals surface area (Å²) in [7, 11) is 0. The number of nitrogens with two attached hydrogens (primary N) is 1. The molecule has 0 radical (unpaired) electrons. The van der Waals surface area contributed by atoms with Gasteiger partial charge in [-0.2, -0.15) is 0 Å². The lowest BCUT2D eigenvalue weighted by molar-refractivity contribution is -0.138. The fraction of sp³-hybridized carbons (Fsp3) is 0.929. The maximum absolute atomic E-state index is 12.5. The number of rotatable bonds is 3. The number of nitrogens with zero attached hydrogens (tertiary/aromatic N) is 1. The predicted octanol–water partition coefficient (Wildman–Crippen LogP) is 1.39. The molecule has 2 N–H and O–H groups in total. The highest BCUT2D eigenvalue weighted by Gasteiger charge is 2.36. The molecular weight excluding hydrogens is 228 g/mol. The summed E-state index contributed by atoms with van der Waals surface area (Å²) < 4.78 is 5.62.